The highest BCUT2D eigenvalue weighted by Crippen LogP contribution is 2.14. The summed E-state index contributed by atoms with van der Waals surface area (Å²) in [7, 11) is 5.52. The molecule has 0 aromatic rings. The molecule has 0 aliphatic heterocycles. The summed E-state index contributed by atoms with van der Waals surface area (Å²) in [6.07, 6.45) is 46.1. The Morgan fingerprint density at radius 3 is 1.39 bits per heavy atom. The topological polar surface area (TPSA) is 99.1 Å². The van der Waals surface area contributed by atoms with E-state index in [-0.39, 0.29) is 36.2 Å². The lowest BCUT2D eigenvalue weighted by Crippen LogP contribution is -2.50. The number of hydrogen-bond donors (Lipinski definition) is 1. The number of aliphatic carboxylic acids is 1. The summed E-state index contributed by atoms with van der Waals surface area (Å²) >= 11 is 0. The molecular formula is C49H90NO7+. The Kier molecular flexibility index (Phi) is 38.6. The fraction of sp³-hybridized carbons (Fsp3) is 0.816. The van der Waals surface area contributed by atoms with Gasteiger partial charge in [-0.3, -0.25) is 9.59 Å². The van der Waals surface area contributed by atoms with Gasteiger partial charge in [-0.25, -0.2) is 4.79 Å². The fourth-order valence-corrected chi connectivity index (χ4v) is 6.84. The van der Waals surface area contributed by atoms with E-state index in [1.165, 1.54) is 122 Å². The molecule has 0 heterocycles. The first-order chi connectivity index (χ1) is 27.6. The number of likely N-dealkylation sites (N-methyl/N-ethyl adjacent to an activating group) is 1. The zero-order chi connectivity index (χ0) is 42.1. The predicted octanol–water partition coefficient (Wildman–Crippen LogP) is 13.0. The lowest BCUT2D eigenvalue weighted by molar-refractivity contribution is -0.887. The van der Waals surface area contributed by atoms with E-state index in [1.807, 2.05) is 21.1 Å². The van der Waals surface area contributed by atoms with Crippen LogP contribution < -0.4 is 0 Å². The Morgan fingerprint density at radius 2 is 0.930 bits per heavy atom. The van der Waals surface area contributed by atoms with E-state index in [0.717, 1.165) is 51.4 Å². The van der Waals surface area contributed by atoms with Crippen molar-refractivity contribution >= 4 is 17.9 Å². The van der Waals surface area contributed by atoms with Crippen LogP contribution in [-0.4, -0.2) is 80.6 Å². The lowest BCUT2D eigenvalue weighted by atomic mass is 10.1. The highest BCUT2D eigenvalue weighted by atomic mass is 16.6. The average Bonchev–Trinajstić information content (AvgIpc) is 3.17. The van der Waals surface area contributed by atoms with Gasteiger partial charge in [0.05, 0.1) is 34.4 Å². The molecule has 0 spiro atoms. The zero-order valence-electron chi connectivity index (χ0n) is 37.8. The molecule has 2 atom stereocenters. The standard InChI is InChI=1S/C49H89NO7/c1-6-8-10-12-14-16-18-20-22-24-26-28-30-32-34-36-38-40-48(52)57-45(43-55-42-41-46(49(53)54)50(3,4)5)44-56-47(51)39-37-35-33-31-29-27-25-23-21-19-17-15-13-11-9-7-2/h20,22-23,25,27,29,45-46H,6-19,21,24,26,28,30-44H2,1-5H3/p+1/b22-20+,25-23+,29-27+. The van der Waals surface area contributed by atoms with Gasteiger partial charge >= 0.3 is 17.9 Å². The predicted molar refractivity (Wildman–Crippen MR) is 238 cm³/mol. The molecule has 8 heteroatoms. The number of quaternary nitrogens is 1. The third-order valence-electron chi connectivity index (χ3n) is 10.5. The van der Waals surface area contributed by atoms with Crippen molar-refractivity contribution in [3.05, 3.63) is 36.5 Å². The monoisotopic (exact) mass is 805 g/mol. The Morgan fingerprint density at radius 1 is 0.526 bits per heavy atom. The average molecular weight is 805 g/mol. The summed E-state index contributed by atoms with van der Waals surface area (Å²) in [4.78, 5) is 37.0. The number of carbonyl (C=O) groups excluding carboxylic acids is 2. The molecule has 332 valence electrons. The van der Waals surface area contributed by atoms with Gasteiger partial charge in [-0.05, 0) is 64.2 Å². The quantitative estimate of drug-likeness (QED) is 0.0216. The van der Waals surface area contributed by atoms with Crippen molar-refractivity contribution in [1.29, 1.82) is 0 Å². The molecule has 0 rings (SSSR count). The molecule has 0 aliphatic rings. The summed E-state index contributed by atoms with van der Waals surface area (Å²) in [6, 6.07) is -0.618. The van der Waals surface area contributed by atoms with Crippen molar-refractivity contribution < 1.29 is 38.2 Å². The Labute approximate surface area is 351 Å². The molecule has 0 fully saturated rings. The van der Waals surface area contributed by atoms with Gasteiger partial charge in [0, 0.05) is 19.3 Å². The van der Waals surface area contributed by atoms with Gasteiger partial charge in [0.1, 0.15) is 6.61 Å². The normalized spacial score (nSPS) is 13.2. The minimum absolute atomic E-state index is 0.0521. The molecule has 0 aliphatic carbocycles. The summed E-state index contributed by atoms with van der Waals surface area (Å²) < 4.78 is 17.3. The molecular weight excluding hydrogens is 715 g/mol. The van der Waals surface area contributed by atoms with E-state index >= 15 is 0 Å². The van der Waals surface area contributed by atoms with E-state index in [9.17, 15) is 19.5 Å². The van der Waals surface area contributed by atoms with Crippen LogP contribution in [0.5, 0.6) is 0 Å². The Hall–Kier alpha value is -2.45. The maximum Gasteiger partial charge on any atom is 0.362 e. The smallest absolute Gasteiger partial charge is 0.362 e. The van der Waals surface area contributed by atoms with Gasteiger partial charge in [-0.2, -0.15) is 0 Å². The maximum absolute atomic E-state index is 12.7. The highest BCUT2D eigenvalue weighted by Gasteiger charge is 2.31. The number of unbranched alkanes of at least 4 members (excludes halogenated alkanes) is 23. The molecule has 0 saturated carbocycles. The number of hydrogen-bond acceptors (Lipinski definition) is 6. The number of nitrogens with zero attached hydrogens (tertiary/aromatic N) is 1. The molecule has 0 aromatic carbocycles. The molecule has 0 saturated heterocycles. The van der Waals surface area contributed by atoms with Crippen molar-refractivity contribution in [2.45, 2.75) is 219 Å². The largest absolute Gasteiger partial charge is 0.477 e. The molecule has 2 unspecified atom stereocenters. The first kappa shape index (κ1) is 54.6. The molecule has 1 N–H and O–H groups in total. The second-order valence-corrected chi connectivity index (χ2v) is 17.0. The second kappa shape index (κ2) is 40.3. The lowest BCUT2D eigenvalue weighted by Gasteiger charge is -2.31. The molecule has 0 amide bonds. The number of rotatable bonds is 42. The van der Waals surface area contributed by atoms with Crippen LogP contribution in [0.1, 0.15) is 206 Å². The van der Waals surface area contributed by atoms with Gasteiger partial charge in [0.15, 0.2) is 12.1 Å². The van der Waals surface area contributed by atoms with Crippen LogP contribution in [0, 0.1) is 0 Å². The van der Waals surface area contributed by atoms with E-state index in [1.54, 1.807) is 0 Å². The van der Waals surface area contributed by atoms with Crippen molar-refractivity contribution in [3.8, 4) is 0 Å². The van der Waals surface area contributed by atoms with Gasteiger partial charge in [0.25, 0.3) is 0 Å². The second-order valence-electron chi connectivity index (χ2n) is 17.0. The number of carbonyl (C=O) groups is 3. The minimum atomic E-state index is -0.879. The highest BCUT2D eigenvalue weighted by molar-refractivity contribution is 5.72. The Balaban J connectivity index is 4.36. The van der Waals surface area contributed by atoms with E-state index in [2.05, 4.69) is 50.3 Å². The Bertz CT molecular complexity index is 1030. The number of carboxylic acids is 1. The van der Waals surface area contributed by atoms with Crippen LogP contribution in [0.3, 0.4) is 0 Å². The third kappa shape index (κ3) is 38.8. The first-order valence-corrected chi connectivity index (χ1v) is 23.5. The maximum atomic E-state index is 12.7. The van der Waals surface area contributed by atoms with Crippen LogP contribution in [0.25, 0.3) is 0 Å². The van der Waals surface area contributed by atoms with Crippen LogP contribution in [0.15, 0.2) is 36.5 Å². The van der Waals surface area contributed by atoms with Crippen molar-refractivity contribution in [1.82, 2.24) is 0 Å². The third-order valence-corrected chi connectivity index (χ3v) is 10.5. The molecule has 57 heavy (non-hydrogen) atoms. The van der Waals surface area contributed by atoms with Crippen molar-refractivity contribution in [3.63, 3.8) is 0 Å². The number of ether oxygens (including phenoxy) is 3. The van der Waals surface area contributed by atoms with E-state index < -0.39 is 18.1 Å². The van der Waals surface area contributed by atoms with Crippen molar-refractivity contribution in [2.24, 2.45) is 0 Å². The molecule has 0 bridgehead atoms. The number of esters is 2. The van der Waals surface area contributed by atoms with E-state index in [4.69, 9.17) is 14.2 Å². The summed E-state index contributed by atoms with van der Waals surface area (Å²) in [6.45, 7) is 4.71. The summed E-state index contributed by atoms with van der Waals surface area (Å²) in [5, 5.41) is 9.63. The fourth-order valence-electron chi connectivity index (χ4n) is 6.84. The van der Waals surface area contributed by atoms with Crippen molar-refractivity contribution in [2.75, 3.05) is 41.0 Å². The molecule has 0 radical (unpaired) electrons. The van der Waals surface area contributed by atoms with Crippen LogP contribution in [-0.2, 0) is 28.6 Å². The summed E-state index contributed by atoms with van der Waals surface area (Å²) in [5.41, 5.74) is 0. The first-order valence-electron chi connectivity index (χ1n) is 23.5. The molecule has 8 nitrogen and oxygen atoms in total. The van der Waals surface area contributed by atoms with Crippen LogP contribution in [0.2, 0.25) is 0 Å². The van der Waals surface area contributed by atoms with Crippen LogP contribution in [0.4, 0.5) is 0 Å². The number of carboxylic acid groups (broad SMARTS) is 1. The number of allylic oxidation sites excluding steroid dienone is 6. The van der Waals surface area contributed by atoms with E-state index in [0.29, 0.717) is 19.3 Å². The van der Waals surface area contributed by atoms with Gasteiger partial charge in [-0.15, -0.1) is 0 Å². The van der Waals surface area contributed by atoms with Gasteiger partial charge in [-0.1, -0.05) is 159 Å². The van der Waals surface area contributed by atoms with Crippen LogP contribution >= 0.6 is 0 Å². The minimum Gasteiger partial charge on any atom is -0.477 e. The summed E-state index contributed by atoms with van der Waals surface area (Å²) in [5.74, 6) is -1.50. The SMILES string of the molecule is CCCCCCCC/C=C/CCCCCCCCCC(=O)OC(COCCC(C(=O)O)[N+](C)(C)C)COC(=O)CCCCC/C=C/C=C/CCCCCCCCC. The zero-order valence-corrected chi connectivity index (χ0v) is 37.8. The molecule has 0 aromatic heterocycles. The van der Waals surface area contributed by atoms with Gasteiger partial charge < -0.3 is 23.8 Å². The van der Waals surface area contributed by atoms with Gasteiger partial charge in [0.2, 0.25) is 0 Å².